The number of nitrogens with one attached hydrogen (secondary N) is 1. The summed E-state index contributed by atoms with van der Waals surface area (Å²) < 4.78 is 0. The van der Waals surface area contributed by atoms with E-state index in [-0.39, 0.29) is 0 Å². The highest BCUT2D eigenvalue weighted by Gasteiger charge is 2.44. The first-order valence-electron chi connectivity index (χ1n) is 5.51. The zero-order chi connectivity index (χ0) is 11.8. The molecular formula is C12H17NO2S. The second-order valence-corrected chi connectivity index (χ2v) is 6.02. The van der Waals surface area contributed by atoms with Crippen LogP contribution in [0.2, 0.25) is 0 Å². The third-order valence-electron chi connectivity index (χ3n) is 3.36. The molecule has 2 N–H and O–H groups in total. The minimum Gasteiger partial charge on any atom is -0.477 e. The highest BCUT2D eigenvalue weighted by molar-refractivity contribution is 7.12. The Morgan fingerprint density at radius 2 is 2.38 bits per heavy atom. The Morgan fingerprint density at radius 3 is 2.94 bits per heavy atom. The number of carbonyl (C=O) groups is 1. The normalized spacial score (nSPS) is 22.0. The summed E-state index contributed by atoms with van der Waals surface area (Å²) in [5.41, 5.74) is 1.38. The van der Waals surface area contributed by atoms with Crippen LogP contribution in [-0.4, -0.2) is 17.6 Å². The first-order chi connectivity index (χ1) is 7.50. The summed E-state index contributed by atoms with van der Waals surface area (Å²) in [4.78, 5) is 11.3. The molecule has 88 valence electrons. The average molecular weight is 239 g/mol. The van der Waals surface area contributed by atoms with Crippen molar-refractivity contribution in [3.63, 3.8) is 0 Å². The van der Waals surface area contributed by atoms with Gasteiger partial charge in [-0.2, -0.15) is 0 Å². The van der Waals surface area contributed by atoms with E-state index in [0.717, 1.165) is 18.0 Å². The molecule has 1 fully saturated rings. The van der Waals surface area contributed by atoms with E-state index >= 15 is 0 Å². The molecule has 1 aromatic rings. The molecule has 0 saturated heterocycles. The molecule has 0 aromatic carbocycles. The van der Waals surface area contributed by atoms with Gasteiger partial charge in [0.05, 0.1) is 0 Å². The van der Waals surface area contributed by atoms with Gasteiger partial charge in [-0.05, 0) is 41.3 Å². The lowest BCUT2D eigenvalue weighted by Crippen LogP contribution is -2.18. The maximum atomic E-state index is 10.9. The van der Waals surface area contributed by atoms with Gasteiger partial charge in [-0.3, -0.25) is 0 Å². The van der Waals surface area contributed by atoms with Crippen molar-refractivity contribution in [1.29, 1.82) is 0 Å². The Hall–Kier alpha value is -0.870. The molecule has 0 radical (unpaired) electrons. The zero-order valence-electron chi connectivity index (χ0n) is 9.62. The summed E-state index contributed by atoms with van der Waals surface area (Å²) in [7, 11) is 0. The van der Waals surface area contributed by atoms with Crippen LogP contribution in [0.1, 0.15) is 35.5 Å². The minimum atomic E-state index is -0.821. The molecule has 4 heteroatoms. The van der Waals surface area contributed by atoms with Gasteiger partial charge in [-0.1, -0.05) is 13.8 Å². The second-order valence-electron chi connectivity index (χ2n) is 5.10. The predicted molar refractivity (Wildman–Crippen MR) is 64.9 cm³/mol. The number of carboxylic acids is 1. The van der Waals surface area contributed by atoms with Gasteiger partial charge in [-0.15, -0.1) is 11.3 Å². The number of thiophene rings is 1. The largest absolute Gasteiger partial charge is 0.477 e. The smallest absolute Gasteiger partial charge is 0.346 e. The molecule has 0 aliphatic heterocycles. The lowest BCUT2D eigenvalue weighted by molar-refractivity contribution is 0.0701. The fourth-order valence-corrected chi connectivity index (χ4v) is 2.73. The Balaban J connectivity index is 1.81. The van der Waals surface area contributed by atoms with Crippen molar-refractivity contribution in [3.05, 3.63) is 21.9 Å². The minimum absolute atomic E-state index is 0.461. The van der Waals surface area contributed by atoms with Crippen LogP contribution in [0.4, 0.5) is 0 Å². The highest BCUT2D eigenvalue weighted by Crippen LogP contribution is 2.50. The second kappa shape index (κ2) is 4.18. The zero-order valence-corrected chi connectivity index (χ0v) is 10.4. The standard InChI is InChI=1S/C12H17NO2S/c1-12(2)5-9(12)7-13-6-8-3-4-16-10(8)11(14)15/h3-4,9,13H,5-7H2,1-2H3,(H,14,15). The molecule has 1 aliphatic carbocycles. The van der Waals surface area contributed by atoms with Gasteiger partial charge < -0.3 is 10.4 Å². The lowest BCUT2D eigenvalue weighted by Gasteiger charge is -2.05. The van der Waals surface area contributed by atoms with Gasteiger partial charge in [-0.25, -0.2) is 4.79 Å². The van der Waals surface area contributed by atoms with E-state index in [2.05, 4.69) is 19.2 Å². The van der Waals surface area contributed by atoms with E-state index in [1.807, 2.05) is 11.4 Å². The number of carboxylic acid groups (broad SMARTS) is 1. The maximum Gasteiger partial charge on any atom is 0.346 e. The van der Waals surface area contributed by atoms with E-state index < -0.39 is 5.97 Å². The Morgan fingerprint density at radius 1 is 1.69 bits per heavy atom. The highest BCUT2D eigenvalue weighted by atomic mass is 32.1. The Labute approximate surface area is 99.5 Å². The fraction of sp³-hybridized carbons (Fsp3) is 0.583. The van der Waals surface area contributed by atoms with Crippen LogP contribution < -0.4 is 5.32 Å². The van der Waals surface area contributed by atoms with Crippen molar-refractivity contribution >= 4 is 17.3 Å². The van der Waals surface area contributed by atoms with Gasteiger partial charge >= 0.3 is 5.97 Å². The molecule has 1 aliphatic rings. The molecule has 1 aromatic heterocycles. The van der Waals surface area contributed by atoms with Gasteiger partial charge in [0.15, 0.2) is 0 Å². The van der Waals surface area contributed by atoms with Crippen molar-refractivity contribution in [2.45, 2.75) is 26.8 Å². The molecule has 0 amide bonds. The monoisotopic (exact) mass is 239 g/mol. The third kappa shape index (κ3) is 2.44. The van der Waals surface area contributed by atoms with Crippen molar-refractivity contribution < 1.29 is 9.90 Å². The Kier molecular flexibility index (Phi) is 3.04. The number of rotatable bonds is 5. The number of hydrogen-bond acceptors (Lipinski definition) is 3. The molecule has 1 atom stereocenters. The summed E-state index contributed by atoms with van der Waals surface area (Å²) in [6.07, 6.45) is 1.27. The summed E-state index contributed by atoms with van der Waals surface area (Å²) in [5, 5.41) is 14.1. The van der Waals surface area contributed by atoms with Crippen molar-refractivity contribution in [2.24, 2.45) is 11.3 Å². The van der Waals surface area contributed by atoms with Crippen LogP contribution in [0.5, 0.6) is 0 Å². The topological polar surface area (TPSA) is 49.3 Å². The number of hydrogen-bond donors (Lipinski definition) is 2. The van der Waals surface area contributed by atoms with E-state index in [9.17, 15) is 4.79 Å². The van der Waals surface area contributed by atoms with E-state index in [1.54, 1.807) is 0 Å². The van der Waals surface area contributed by atoms with Crippen LogP contribution in [0.25, 0.3) is 0 Å². The first-order valence-corrected chi connectivity index (χ1v) is 6.39. The van der Waals surface area contributed by atoms with Gasteiger partial charge in [0.1, 0.15) is 4.88 Å². The summed E-state index contributed by atoms with van der Waals surface area (Å²) >= 11 is 1.29. The molecule has 0 spiro atoms. The first kappa shape index (κ1) is 11.6. The van der Waals surface area contributed by atoms with Crippen LogP contribution >= 0.6 is 11.3 Å². The van der Waals surface area contributed by atoms with Crippen molar-refractivity contribution in [1.82, 2.24) is 5.32 Å². The summed E-state index contributed by atoms with van der Waals surface area (Å²) in [5.74, 6) is -0.0713. The Bertz CT molecular complexity index is 397. The van der Waals surface area contributed by atoms with Gasteiger partial charge in [0.25, 0.3) is 0 Å². The summed E-state index contributed by atoms with van der Waals surface area (Å²) in [6, 6.07) is 1.89. The SMILES string of the molecule is CC1(C)CC1CNCc1ccsc1C(=O)O. The summed E-state index contributed by atoms with van der Waals surface area (Å²) in [6.45, 7) is 6.19. The van der Waals surface area contributed by atoms with Crippen LogP contribution in [0.15, 0.2) is 11.4 Å². The molecule has 1 unspecified atom stereocenters. The fourth-order valence-electron chi connectivity index (χ4n) is 1.97. The van der Waals surface area contributed by atoms with Crippen LogP contribution in [-0.2, 0) is 6.54 Å². The van der Waals surface area contributed by atoms with Crippen LogP contribution in [0.3, 0.4) is 0 Å². The van der Waals surface area contributed by atoms with Crippen molar-refractivity contribution in [3.8, 4) is 0 Å². The predicted octanol–water partition coefficient (Wildman–Crippen LogP) is 2.58. The molecule has 1 saturated carbocycles. The molecule has 1 heterocycles. The average Bonchev–Trinajstić information content (AvgIpc) is 2.64. The maximum absolute atomic E-state index is 10.9. The van der Waals surface area contributed by atoms with E-state index in [1.165, 1.54) is 17.8 Å². The molecule has 2 rings (SSSR count). The third-order valence-corrected chi connectivity index (χ3v) is 4.31. The molecule has 0 bridgehead atoms. The molecular weight excluding hydrogens is 222 g/mol. The van der Waals surface area contributed by atoms with E-state index in [0.29, 0.717) is 16.8 Å². The molecule has 16 heavy (non-hydrogen) atoms. The van der Waals surface area contributed by atoms with Crippen molar-refractivity contribution in [2.75, 3.05) is 6.54 Å². The number of aromatic carboxylic acids is 1. The molecule has 3 nitrogen and oxygen atoms in total. The van der Waals surface area contributed by atoms with Gasteiger partial charge in [0, 0.05) is 6.54 Å². The lowest BCUT2D eigenvalue weighted by atomic mass is 10.1. The van der Waals surface area contributed by atoms with Gasteiger partial charge in [0.2, 0.25) is 0 Å². The van der Waals surface area contributed by atoms with E-state index in [4.69, 9.17) is 5.11 Å². The quantitative estimate of drug-likeness (QED) is 0.830. The van der Waals surface area contributed by atoms with Crippen LogP contribution in [0, 0.1) is 11.3 Å².